The van der Waals surface area contributed by atoms with Crippen molar-refractivity contribution < 1.29 is 27.4 Å². The van der Waals surface area contributed by atoms with E-state index in [-0.39, 0.29) is 18.5 Å². The molecular formula is C14H18F3N3O3. The molecule has 1 fully saturated rings. The summed E-state index contributed by atoms with van der Waals surface area (Å²) in [5.41, 5.74) is 0.594. The predicted octanol–water partition coefficient (Wildman–Crippen LogP) is 1.86. The number of amides is 2. The van der Waals surface area contributed by atoms with Gasteiger partial charge in [-0.1, -0.05) is 0 Å². The van der Waals surface area contributed by atoms with Gasteiger partial charge in [0.25, 0.3) is 0 Å². The van der Waals surface area contributed by atoms with Gasteiger partial charge in [0, 0.05) is 37.9 Å². The summed E-state index contributed by atoms with van der Waals surface area (Å²) < 4.78 is 46.0. The molecule has 2 rings (SSSR count). The molecule has 2 heterocycles. The molecule has 0 spiro atoms. The van der Waals surface area contributed by atoms with Crippen molar-refractivity contribution in [2.75, 3.05) is 26.4 Å². The largest absolute Gasteiger partial charge is 0.468 e. The number of ether oxygens (including phenoxy) is 2. The second-order valence-electron chi connectivity index (χ2n) is 5.20. The summed E-state index contributed by atoms with van der Waals surface area (Å²) in [6, 6.07) is 2.61. The van der Waals surface area contributed by atoms with Crippen LogP contribution in [0.3, 0.4) is 0 Å². The first kappa shape index (κ1) is 17.3. The highest BCUT2D eigenvalue weighted by molar-refractivity contribution is 5.73. The van der Waals surface area contributed by atoms with Crippen LogP contribution < -0.4 is 15.4 Å². The van der Waals surface area contributed by atoms with Crippen LogP contribution in [-0.2, 0) is 11.3 Å². The van der Waals surface area contributed by atoms with E-state index in [4.69, 9.17) is 4.74 Å². The van der Waals surface area contributed by atoms with Crippen molar-refractivity contribution in [1.82, 2.24) is 15.6 Å². The number of alkyl halides is 3. The van der Waals surface area contributed by atoms with Crippen LogP contribution in [0, 0.1) is 5.92 Å². The van der Waals surface area contributed by atoms with Crippen LogP contribution in [0.5, 0.6) is 5.88 Å². The molecule has 23 heavy (non-hydrogen) atoms. The van der Waals surface area contributed by atoms with Gasteiger partial charge >= 0.3 is 12.2 Å². The van der Waals surface area contributed by atoms with Crippen molar-refractivity contribution in [3.05, 3.63) is 23.9 Å². The summed E-state index contributed by atoms with van der Waals surface area (Å²) in [5, 5.41) is 5.35. The Labute approximate surface area is 131 Å². The third kappa shape index (κ3) is 6.72. The van der Waals surface area contributed by atoms with E-state index in [1.165, 1.54) is 12.3 Å². The number of pyridine rings is 1. The lowest BCUT2D eigenvalue weighted by Crippen LogP contribution is -2.38. The molecule has 0 radical (unpaired) electrons. The summed E-state index contributed by atoms with van der Waals surface area (Å²) in [4.78, 5) is 15.4. The van der Waals surface area contributed by atoms with Gasteiger partial charge in [0.15, 0.2) is 6.61 Å². The molecule has 0 unspecified atom stereocenters. The smallest absolute Gasteiger partial charge is 0.422 e. The Bertz CT molecular complexity index is 519. The van der Waals surface area contributed by atoms with Gasteiger partial charge in [0.05, 0.1) is 6.61 Å². The molecule has 1 aromatic rings. The molecule has 0 aliphatic carbocycles. The highest BCUT2D eigenvalue weighted by atomic mass is 19.4. The third-order valence-electron chi connectivity index (χ3n) is 3.21. The molecule has 1 aliphatic heterocycles. The van der Waals surface area contributed by atoms with Gasteiger partial charge in [0.1, 0.15) is 0 Å². The fourth-order valence-corrected chi connectivity index (χ4v) is 2.02. The maximum Gasteiger partial charge on any atom is 0.422 e. The minimum absolute atomic E-state index is 0.134. The van der Waals surface area contributed by atoms with E-state index >= 15 is 0 Å². The molecule has 1 saturated heterocycles. The zero-order valence-corrected chi connectivity index (χ0v) is 12.4. The normalized spacial score (nSPS) is 17.8. The van der Waals surface area contributed by atoms with Crippen molar-refractivity contribution in [3.8, 4) is 5.88 Å². The van der Waals surface area contributed by atoms with Crippen LogP contribution in [0.25, 0.3) is 0 Å². The summed E-state index contributed by atoms with van der Waals surface area (Å²) in [6.45, 7) is 0.650. The van der Waals surface area contributed by atoms with Gasteiger partial charge in [-0.3, -0.25) is 0 Å². The molecule has 128 valence electrons. The first-order chi connectivity index (χ1) is 10.9. The highest BCUT2D eigenvalue weighted by Crippen LogP contribution is 2.17. The minimum Gasteiger partial charge on any atom is -0.468 e. The van der Waals surface area contributed by atoms with E-state index in [1.54, 1.807) is 6.07 Å². The van der Waals surface area contributed by atoms with Gasteiger partial charge in [0.2, 0.25) is 5.88 Å². The number of halogens is 3. The van der Waals surface area contributed by atoms with E-state index in [9.17, 15) is 18.0 Å². The number of urea groups is 1. The minimum atomic E-state index is -4.42. The number of carbonyl (C=O) groups is 1. The van der Waals surface area contributed by atoms with Crippen LogP contribution in [0.4, 0.5) is 18.0 Å². The lowest BCUT2D eigenvalue weighted by atomic mass is 10.1. The van der Waals surface area contributed by atoms with Gasteiger partial charge in [-0.05, 0) is 18.1 Å². The SMILES string of the molecule is O=C(NCc1ccnc(OCC(F)(F)F)c1)NC[C@H]1CCOC1. The molecule has 1 aliphatic rings. The maximum atomic E-state index is 12.1. The average molecular weight is 333 g/mol. The Balaban J connectivity index is 1.73. The van der Waals surface area contributed by atoms with Crippen LogP contribution in [0.2, 0.25) is 0 Å². The van der Waals surface area contributed by atoms with Crippen molar-refractivity contribution in [1.29, 1.82) is 0 Å². The maximum absolute atomic E-state index is 12.1. The number of rotatable bonds is 6. The topological polar surface area (TPSA) is 72.5 Å². The molecule has 0 aromatic carbocycles. The number of hydrogen-bond donors (Lipinski definition) is 2. The molecule has 1 aromatic heterocycles. The molecule has 0 bridgehead atoms. The molecule has 2 N–H and O–H groups in total. The number of nitrogens with zero attached hydrogens (tertiary/aromatic N) is 1. The van der Waals surface area contributed by atoms with Crippen molar-refractivity contribution in [3.63, 3.8) is 0 Å². The zero-order valence-electron chi connectivity index (χ0n) is 12.4. The highest BCUT2D eigenvalue weighted by Gasteiger charge is 2.28. The first-order valence-electron chi connectivity index (χ1n) is 7.16. The lowest BCUT2D eigenvalue weighted by Gasteiger charge is -2.12. The summed E-state index contributed by atoms with van der Waals surface area (Å²) in [5.74, 6) is 0.189. The monoisotopic (exact) mass is 333 g/mol. The van der Waals surface area contributed by atoms with E-state index in [0.717, 1.165) is 6.42 Å². The summed E-state index contributed by atoms with van der Waals surface area (Å²) in [7, 11) is 0. The summed E-state index contributed by atoms with van der Waals surface area (Å²) in [6.07, 6.45) is -2.17. The van der Waals surface area contributed by atoms with E-state index < -0.39 is 12.8 Å². The van der Waals surface area contributed by atoms with Gasteiger partial charge < -0.3 is 20.1 Å². The molecule has 2 amide bonds. The second kappa shape index (κ2) is 8.00. The molecule has 6 nitrogen and oxygen atoms in total. The Kier molecular flexibility index (Phi) is 6.03. The zero-order chi connectivity index (χ0) is 16.7. The Morgan fingerprint density at radius 2 is 2.26 bits per heavy atom. The number of hydrogen-bond acceptors (Lipinski definition) is 4. The number of aromatic nitrogens is 1. The molecule has 0 saturated carbocycles. The van der Waals surface area contributed by atoms with E-state index in [2.05, 4.69) is 20.4 Å². The van der Waals surface area contributed by atoms with E-state index in [0.29, 0.717) is 31.2 Å². The van der Waals surface area contributed by atoms with Crippen LogP contribution >= 0.6 is 0 Å². The predicted molar refractivity (Wildman–Crippen MR) is 75.0 cm³/mol. The van der Waals surface area contributed by atoms with Crippen molar-refractivity contribution in [2.45, 2.75) is 19.1 Å². The van der Waals surface area contributed by atoms with Gasteiger partial charge in [-0.15, -0.1) is 0 Å². The second-order valence-corrected chi connectivity index (χ2v) is 5.20. The molecule has 9 heteroatoms. The molecule has 1 atom stereocenters. The number of nitrogens with one attached hydrogen (secondary N) is 2. The lowest BCUT2D eigenvalue weighted by molar-refractivity contribution is -0.154. The van der Waals surface area contributed by atoms with Gasteiger partial charge in [-0.25, -0.2) is 9.78 Å². The van der Waals surface area contributed by atoms with Crippen LogP contribution in [-0.4, -0.2) is 43.6 Å². The fraction of sp³-hybridized carbons (Fsp3) is 0.571. The standard InChI is InChI=1S/C14H18F3N3O3/c15-14(16,17)9-23-12-5-10(1-3-18-12)6-19-13(21)20-7-11-2-4-22-8-11/h1,3,5,11H,2,4,6-9H2,(H2,19,20,21)/t11-/m1/s1. The first-order valence-corrected chi connectivity index (χ1v) is 7.16. The van der Waals surface area contributed by atoms with E-state index in [1.807, 2.05) is 0 Å². The number of carbonyl (C=O) groups excluding carboxylic acids is 1. The van der Waals surface area contributed by atoms with Gasteiger partial charge in [-0.2, -0.15) is 13.2 Å². The Morgan fingerprint density at radius 3 is 2.96 bits per heavy atom. The van der Waals surface area contributed by atoms with Crippen LogP contribution in [0.15, 0.2) is 18.3 Å². The Morgan fingerprint density at radius 1 is 1.43 bits per heavy atom. The third-order valence-corrected chi connectivity index (χ3v) is 3.21. The Hall–Kier alpha value is -2.03. The van der Waals surface area contributed by atoms with Crippen LogP contribution in [0.1, 0.15) is 12.0 Å². The molecular weight excluding hydrogens is 315 g/mol. The fourth-order valence-electron chi connectivity index (χ4n) is 2.02. The van der Waals surface area contributed by atoms with Crippen molar-refractivity contribution >= 4 is 6.03 Å². The van der Waals surface area contributed by atoms with Crippen molar-refractivity contribution in [2.24, 2.45) is 5.92 Å². The summed E-state index contributed by atoms with van der Waals surface area (Å²) >= 11 is 0. The quantitative estimate of drug-likeness (QED) is 0.833. The average Bonchev–Trinajstić information content (AvgIpc) is 3.02.